The van der Waals surface area contributed by atoms with E-state index in [2.05, 4.69) is 43.4 Å². The number of nitro benzene ring substituents is 1. The van der Waals surface area contributed by atoms with Crippen molar-refractivity contribution in [3.8, 4) is 0 Å². The molecule has 2 aromatic carbocycles. The number of non-ortho nitro benzene ring substituents is 1. The first kappa shape index (κ1) is 16.2. The van der Waals surface area contributed by atoms with Gasteiger partial charge in [-0.15, -0.1) is 0 Å². The highest BCUT2D eigenvalue weighted by atomic mass is 16.6. The highest BCUT2D eigenvalue weighted by molar-refractivity contribution is 5.79. The summed E-state index contributed by atoms with van der Waals surface area (Å²) in [6, 6.07) is 13.2. The van der Waals surface area contributed by atoms with Gasteiger partial charge in [0.25, 0.3) is 5.69 Å². The summed E-state index contributed by atoms with van der Waals surface area (Å²) in [4.78, 5) is 10.5. The van der Waals surface area contributed by atoms with Crippen LogP contribution in [0, 0.1) is 17.0 Å². The maximum atomic E-state index is 10.8. The minimum absolute atomic E-state index is 0.114. The second-order valence-corrected chi connectivity index (χ2v) is 6.32. The number of anilines is 1. The average molecular weight is 322 g/mol. The van der Waals surface area contributed by atoms with E-state index in [9.17, 15) is 10.1 Å². The second kappa shape index (κ2) is 6.87. The first-order valence-corrected chi connectivity index (χ1v) is 8.41. The molecule has 0 amide bonds. The lowest BCUT2D eigenvalue weighted by molar-refractivity contribution is -0.384. The molecule has 0 heterocycles. The minimum Gasteiger partial charge on any atom is -0.355 e. The van der Waals surface area contributed by atoms with Crippen LogP contribution in [-0.2, 0) is 0 Å². The Morgan fingerprint density at radius 3 is 2.54 bits per heavy atom. The van der Waals surface area contributed by atoms with Crippen molar-refractivity contribution in [1.29, 1.82) is 0 Å². The first-order valence-electron chi connectivity index (χ1n) is 8.41. The van der Waals surface area contributed by atoms with E-state index in [0.717, 1.165) is 23.4 Å². The first-order chi connectivity index (χ1) is 11.6. The highest BCUT2D eigenvalue weighted by Crippen LogP contribution is 2.44. The van der Waals surface area contributed by atoms with Crippen molar-refractivity contribution >= 4 is 17.1 Å². The van der Waals surface area contributed by atoms with Crippen LogP contribution < -0.4 is 5.32 Å². The Hall–Kier alpha value is -2.62. The van der Waals surface area contributed by atoms with E-state index in [-0.39, 0.29) is 10.6 Å². The Morgan fingerprint density at radius 1 is 1.25 bits per heavy atom. The molecule has 1 fully saturated rings. The molecule has 1 aliphatic carbocycles. The topological polar surface area (TPSA) is 55.2 Å². The van der Waals surface area contributed by atoms with Gasteiger partial charge < -0.3 is 5.32 Å². The molecule has 1 aliphatic rings. The van der Waals surface area contributed by atoms with Gasteiger partial charge in [-0.1, -0.05) is 30.7 Å². The molecule has 24 heavy (non-hydrogen) atoms. The van der Waals surface area contributed by atoms with E-state index in [1.165, 1.54) is 24.0 Å². The normalized spacial score (nSPS) is 14.5. The fraction of sp³-hybridized carbons (Fsp3) is 0.300. The van der Waals surface area contributed by atoms with Crippen molar-refractivity contribution in [2.45, 2.75) is 39.0 Å². The van der Waals surface area contributed by atoms with Crippen LogP contribution in [0.25, 0.3) is 5.70 Å². The summed E-state index contributed by atoms with van der Waals surface area (Å²) in [7, 11) is 0. The van der Waals surface area contributed by atoms with Gasteiger partial charge in [-0.25, -0.2) is 0 Å². The lowest BCUT2D eigenvalue weighted by Gasteiger charge is -2.16. The van der Waals surface area contributed by atoms with E-state index in [1.807, 2.05) is 0 Å². The van der Waals surface area contributed by atoms with Crippen LogP contribution in [-0.4, -0.2) is 4.92 Å². The van der Waals surface area contributed by atoms with Gasteiger partial charge in [-0.2, -0.15) is 0 Å². The molecule has 0 atom stereocenters. The summed E-state index contributed by atoms with van der Waals surface area (Å²) in [6.07, 6.45) is 5.52. The summed E-state index contributed by atoms with van der Waals surface area (Å²) in [5.74, 6) is 0.659. The zero-order valence-corrected chi connectivity index (χ0v) is 14.1. The molecule has 0 bridgehead atoms. The van der Waals surface area contributed by atoms with Crippen molar-refractivity contribution in [2.75, 3.05) is 5.32 Å². The van der Waals surface area contributed by atoms with E-state index in [1.54, 1.807) is 24.3 Å². The zero-order valence-electron chi connectivity index (χ0n) is 14.1. The Morgan fingerprint density at radius 2 is 1.96 bits per heavy atom. The van der Waals surface area contributed by atoms with E-state index in [4.69, 9.17) is 0 Å². The fourth-order valence-electron chi connectivity index (χ4n) is 2.88. The van der Waals surface area contributed by atoms with Gasteiger partial charge in [0.1, 0.15) is 0 Å². The van der Waals surface area contributed by atoms with Gasteiger partial charge in [-0.05, 0) is 61.4 Å². The van der Waals surface area contributed by atoms with E-state index < -0.39 is 0 Å². The third-order valence-electron chi connectivity index (χ3n) is 4.29. The van der Waals surface area contributed by atoms with Gasteiger partial charge in [0.05, 0.1) is 4.92 Å². The molecule has 1 N–H and O–H groups in total. The number of hydrogen-bond donors (Lipinski definition) is 1. The van der Waals surface area contributed by atoms with Crippen LogP contribution in [0.1, 0.15) is 48.8 Å². The van der Waals surface area contributed by atoms with Gasteiger partial charge in [0, 0.05) is 23.5 Å². The van der Waals surface area contributed by atoms with Gasteiger partial charge in [0.15, 0.2) is 0 Å². The predicted molar refractivity (Wildman–Crippen MR) is 98.1 cm³/mol. The highest BCUT2D eigenvalue weighted by Gasteiger charge is 2.26. The SMILES string of the molecule is CC/C=C(\Nc1ccc(C)cc1C1CC1)c1ccc([N+](=O)[O-])cc1. The molecule has 0 aromatic heterocycles. The molecule has 4 nitrogen and oxygen atoms in total. The Kier molecular flexibility index (Phi) is 4.65. The molecular formula is C20H22N2O2. The molecule has 0 radical (unpaired) electrons. The number of aryl methyl sites for hydroxylation is 1. The number of allylic oxidation sites excluding steroid dienone is 1. The lowest BCUT2D eigenvalue weighted by Crippen LogP contribution is -2.02. The Labute approximate surface area is 142 Å². The fourth-order valence-corrected chi connectivity index (χ4v) is 2.88. The standard InChI is InChI=1S/C20H22N2O2/c1-3-4-19(16-8-10-17(11-9-16)22(23)24)21-20-12-5-14(2)13-18(20)15-6-7-15/h4-5,8-13,15,21H,3,6-7H2,1-2H3/b19-4-. The second-order valence-electron chi connectivity index (χ2n) is 6.32. The zero-order chi connectivity index (χ0) is 17.1. The molecule has 3 rings (SSSR count). The van der Waals surface area contributed by atoms with Crippen LogP contribution in [0.15, 0.2) is 48.5 Å². The molecule has 0 unspecified atom stereocenters. The third kappa shape index (κ3) is 3.65. The molecule has 4 heteroatoms. The summed E-state index contributed by atoms with van der Waals surface area (Å²) < 4.78 is 0. The number of nitrogens with one attached hydrogen (secondary N) is 1. The lowest BCUT2D eigenvalue weighted by atomic mass is 10.0. The maximum Gasteiger partial charge on any atom is 0.269 e. The van der Waals surface area contributed by atoms with Gasteiger partial charge >= 0.3 is 0 Å². The number of benzene rings is 2. The molecule has 0 saturated heterocycles. The van der Waals surface area contributed by atoms with Crippen LogP contribution in [0.4, 0.5) is 11.4 Å². The molecule has 2 aromatic rings. The van der Waals surface area contributed by atoms with E-state index >= 15 is 0 Å². The number of rotatable bonds is 6. The van der Waals surface area contributed by atoms with Crippen molar-refractivity contribution in [3.63, 3.8) is 0 Å². The number of hydrogen-bond acceptors (Lipinski definition) is 3. The van der Waals surface area contributed by atoms with Crippen molar-refractivity contribution in [3.05, 3.63) is 75.3 Å². The number of nitro groups is 1. The Balaban J connectivity index is 1.90. The Bertz CT molecular complexity index is 775. The average Bonchev–Trinajstić information content (AvgIpc) is 3.41. The van der Waals surface area contributed by atoms with Gasteiger partial charge in [-0.3, -0.25) is 10.1 Å². The molecule has 0 spiro atoms. The smallest absolute Gasteiger partial charge is 0.269 e. The summed E-state index contributed by atoms with van der Waals surface area (Å²) >= 11 is 0. The molecule has 0 aliphatic heterocycles. The van der Waals surface area contributed by atoms with Crippen molar-refractivity contribution in [2.24, 2.45) is 0 Å². The summed E-state index contributed by atoms with van der Waals surface area (Å²) in [5.41, 5.74) is 5.87. The monoisotopic (exact) mass is 322 g/mol. The predicted octanol–water partition coefficient (Wildman–Crippen LogP) is 5.64. The summed E-state index contributed by atoms with van der Waals surface area (Å²) in [6.45, 7) is 4.21. The summed E-state index contributed by atoms with van der Waals surface area (Å²) in [5, 5.41) is 14.4. The molecular weight excluding hydrogens is 300 g/mol. The van der Waals surface area contributed by atoms with Crippen LogP contribution in [0.3, 0.4) is 0 Å². The maximum absolute atomic E-state index is 10.8. The van der Waals surface area contributed by atoms with Crippen LogP contribution in [0.2, 0.25) is 0 Å². The largest absolute Gasteiger partial charge is 0.355 e. The van der Waals surface area contributed by atoms with Crippen molar-refractivity contribution < 1.29 is 4.92 Å². The number of nitrogens with zero attached hydrogens (tertiary/aromatic N) is 1. The quantitative estimate of drug-likeness (QED) is 0.553. The van der Waals surface area contributed by atoms with Crippen LogP contribution in [0.5, 0.6) is 0 Å². The minimum atomic E-state index is -0.369. The van der Waals surface area contributed by atoms with Crippen molar-refractivity contribution in [1.82, 2.24) is 0 Å². The van der Waals surface area contributed by atoms with E-state index in [0.29, 0.717) is 5.92 Å². The molecule has 124 valence electrons. The van der Waals surface area contributed by atoms with Gasteiger partial charge in [0.2, 0.25) is 0 Å². The third-order valence-corrected chi connectivity index (χ3v) is 4.29. The molecule has 1 saturated carbocycles. The van der Waals surface area contributed by atoms with Crippen LogP contribution >= 0.6 is 0 Å².